The van der Waals surface area contributed by atoms with Crippen molar-refractivity contribution in [2.45, 2.75) is 13.3 Å². The molecule has 1 aromatic carbocycles. The van der Waals surface area contributed by atoms with E-state index in [1.807, 2.05) is 30.0 Å². The molecule has 0 aliphatic rings. The lowest BCUT2D eigenvalue weighted by atomic mass is 10.1. The predicted molar refractivity (Wildman–Crippen MR) is 69.7 cm³/mol. The van der Waals surface area contributed by atoms with Gasteiger partial charge < -0.3 is 15.7 Å². The van der Waals surface area contributed by atoms with E-state index in [4.69, 9.17) is 22.4 Å². The molecule has 0 bridgehead atoms. The van der Waals surface area contributed by atoms with Gasteiger partial charge in [-0.1, -0.05) is 17.7 Å². The summed E-state index contributed by atoms with van der Waals surface area (Å²) in [5.74, 6) is -0.813. The Hall–Kier alpha value is -1.26. The van der Waals surface area contributed by atoms with Crippen molar-refractivity contribution in [3.05, 3.63) is 28.8 Å². The summed E-state index contributed by atoms with van der Waals surface area (Å²) in [6.45, 7) is 3.50. The van der Waals surface area contributed by atoms with E-state index in [9.17, 15) is 4.79 Å². The molecule has 17 heavy (non-hydrogen) atoms. The molecule has 4 nitrogen and oxygen atoms in total. The maximum atomic E-state index is 10.6. The highest BCUT2D eigenvalue weighted by molar-refractivity contribution is 6.30. The van der Waals surface area contributed by atoms with Crippen LogP contribution in [0.15, 0.2) is 18.2 Å². The number of halogens is 1. The van der Waals surface area contributed by atoms with Crippen LogP contribution < -0.4 is 10.6 Å². The molecule has 0 aromatic heterocycles. The minimum Gasteiger partial charge on any atom is -0.481 e. The van der Waals surface area contributed by atoms with E-state index in [-0.39, 0.29) is 6.42 Å². The van der Waals surface area contributed by atoms with Crippen molar-refractivity contribution in [1.29, 1.82) is 0 Å². The Kier molecular flexibility index (Phi) is 5.25. The number of benzene rings is 1. The van der Waals surface area contributed by atoms with Crippen LogP contribution in [0.2, 0.25) is 5.02 Å². The smallest absolute Gasteiger partial charge is 0.305 e. The summed E-state index contributed by atoms with van der Waals surface area (Å²) < 4.78 is 0. The number of hydrogen-bond acceptors (Lipinski definition) is 3. The number of nitrogens with zero attached hydrogens (tertiary/aromatic N) is 1. The summed E-state index contributed by atoms with van der Waals surface area (Å²) in [5.41, 5.74) is 7.55. The summed E-state index contributed by atoms with van der Waals surface area (Å²) in [5, 5.41) is 9.36. The van der Waals surface area contributed by atoms with Crippen molar-refractivity contribution < 1.29 is 9.90 Å². The summed E-state index contributed by atoms with van der Waals surface area (Å²) in [6, 6.07) is 5.58. The van der Waals surface area contributed by atoms with E-state index in [1.54, 1.807) is 0 Å². The molecule has 0 spiro atoms. The fourth-order valence-corrected chi connectivity index (χ4v) is 1.83. The Morgan fingerprint density at radius 1 is 1.47 bits per heavy atom. The highest BCUT2D eigenvalue weighted by Gasteiger charge is 2.10. The molecular formula is C12H17ClN2O2. The van der Waals surface area contributed by atoms with Gasteiger partial charge in [-0.2, -0.15) is 0 Å². The van der Waals surface area contributed by atoms with Crippen LogP contribution in [0.1, 0.15) is 12.0 Å². The Labute approximate surface area is 106 Å². The predicted octanol–water partition coefficient (Wildman–Crippen LogP) is 1.89. The molecule has 0 fully saturated rings. The first-order valence-corrected chi connectivity index (χ1v) is 5.85. The zero-order valence-electron chi connectivity index (χ0n) is 9.82. The van der Waals surface area contributed by atoms with Crippen LogP contribution in [-0.2, 0) is 4.79 Å². The van der Waals surface area contributed by atoms with Gasteiger partial charge in [-0.3, -0.25) is 4.79 Å². The number of hydrogen-bond donors (Lipinski definition) is 2. The minimum absolute atomic E-state index is 0.0892. The SMILES string of the molecule is Cc1ccc(Cl)cc1N(CCN)CCC(=O)O. The van der Waals surface area contributed by atoms with E-state index >= 15 is 0 Å². The number of carboxylic acids is 1. The topological polar surface area (TPSA) is 66.6 Å². The highest BCUT2D eigenvalue weighted by atomic mass is 35.5. The van der Waals surface area contributed by atoms with Crippen molar-refractivity contribution in [2.24, 2.45) is 5.73 Å². The fraction of sp³-hybridized carbons (Fsp3) is 0.417. The number of rotatable bonds is 6. The van der Waals surface area contributed by atoms with Crippen molar-refractivity contribution >= 4 is 23.3 Å². The highest BCUT2D eigenvalue weighted by Crippen LogP contribution is 2.24. The van der Waals surface area contributed by atoms with Gasteiger partial charge in [-0.05, 0) is 24.6 Å². The number of carbonyl (C=O) groups is 1. The summed E-state index contributed by atoms with van der Waals surface area (Å²) in [4.78, 5) is 12.6. The third kappa shape index (κ3) is 4.24. The molecule has 94 valence electrons. The number of carboxylic acid groups (broad SMARTS) is 1. The van der Waals surface area contributed by atoms with Gasteiger partial charge >= 0.3 is 5.97 Å². The summed E-state index contributed by atoms with van der Waals surface area (Å²) in [6.07, 6.45) is 0.0892. The lowest BCUT2D eigenvalue weighted by molar-refractivity contribution is -0.136. The van der Waals surface area contributed by atoms with Gasteiger partial charge in [0.1, 0.15) is 0 Å². The van der Waals surface area contributed by atoms with Crippen LogP contribution in [-0.4, -0.2) is 30.7 Å². The molecule has 0 saturated carbocycles. The van der Waals surface area contributed by atoms with Crippen molar-refractivity contribution in [3.8, 4) is 0 Å². The molecule has 3 N–H and O–H groups in total. The fourth-order valence-electron chi connectivity index (χ4n) is 1.66. The largest absolute Gasteiger partial charge is 0.481 e. The van der Waals surface area contributed by atoms with Gasteiger partial charge in [0, 0.05) is 30.3 Å². The van der Waals surface area contributed by atoms with Crippen molar-refractivity contribution in [2.75, 3.05) is 24.5 Å². The standard InChI is InChI=1S/C12H17ClN2O2/c1-9-2-3-10(13)8-11(9)15(7-5-14)6-4-12(16)17/h2-3,8H,4-7,14H2,1H3,(H,16,17). The first-order chi connectivity index (χ1) is 8.04. The van der Waals surface area contributed by atoms with Crippen molar-refractivity contribution in [3.63, 3.8) is 0 Å². The van der Waals surface area contributed by atoms with E-state index in [1.165, 1.54) is 0 Å². The van der Waals surface area contributed by atoms with Gasteiger partial charge in [-0.25, -0.2) is 0 Å². The Bertz CT molecular complexity index is 396. The number of nitrogens with two attached hydrogens (primary N) is 1. The second kappa shape index (κ2) is 6.47. The third-order valence-electron chi connectivity index (χ3n) is 2.51. The maximum Gasteiger partial charge on any atom is 0.305 e. The van der Waals surface area contributed by atoms with Gasteiger partial charge in [0.15, 0.2) is 0 Å². The second-order valence-electron chi connectivity index (χ2n) is 3.85. The Morgan fingerprint density at radius 2 is 2.18 bits per heavy atom. The van der Waals surface area contributed by atoms with E-state index in [0.29, 0.717) is 24.7 Å². The van der Waals surface area contributed by atoms with Gasteiger partial charge in [0.05, 0.1) is 6.42 Å². The van der Waals surface area contributed by atoms with Crippen LogP contribution in [0.5, 0.6) is 0 Å². The van der Waals surface area contributed by atoms with Crippen LogP contribution >= 0.6 is 11.6 Å². The number of aryl methyl sites for hydroxylation is 1. The molecular weight excluding hydrogens is 240 g/mol. The van der Waals surface area contributed by atoms with E-state index in [2.05, 4.69) is 0 Å². The van der Waals surface area contributed by atoms with Gasteiger partial charge in [0.25, 0.3) is 0 Å². The van der Waals surface area contributed by atoms with Crippen LogP contribution in [0.3, 0.4) is 0 Å². The molecule has 0 heterocycles. The molecule has 0 aliphatic heterocycles. The summed E-state index contributed by atoms with van der Waals surface area (Å²) >= 11 is 5.95. The molecule has 0 aliphatic carbocycles. The molecule has 0 unspecified atom stereocenters. The normalized spacial score (nSPS) is 10.3. The summed E-state index contributed by atoms with van der Waals surface area (Å²) in [7, 11) is 0. The Morgan fingerprint density at radius 3 is 2.76 bits per heavy atom. The third-order valence-corrected chi connectivity index (χ3v) is 2.74. The quantitative estimate of drug-likeness (QED) is 0.816. The Balaban J connectivity index is 2.87. The average Bonchev–Trinajstić information content (AvgIpc) is 2.27. The molecule has 5 heteroatoms. The molecule has 0 saturated heterocycles. The van der Waals surface area contributed by atoms with Crippen molar-refractivity contribution in [1.82, 2.24) is 0 Å². The number of aliphatic carboxylic acids is 1. The van der Waals surface area contributed by atoms with Crippen LogP contribution in [0, 0.1) is 6.92 Å². The van der Waals surface area contributed by atoms with Crippen LogP contribution in [0.4, 0.5) is 5.69 Å². The lowest BCUT2D eigenvalue weighted by Crippen LogP contribution is -2.32. The molecule has 1 rings (SSSR count). The molecule has 0 radical (unpaired) electrons. The minimum atomic E-state index is -0.813. The van der Waals surface area contributed by atoms with Crippen LogP contribution in [0.25, 0.3) is 0 Å². The average molecular weight is 257 g/mol. The molecule has 0 atom stereocenters. The zero-order chi connectivity index (χ0) is 12.8. The van der Waals surface area contributed by atoms with Gasteiger partial charge in [0.2, 0.25) is 0 Å². The number of anilines is 1. The zero-order valence-corrected chi connectivity index (χ0v) is 10.6. The van der Waals surface area contributed by atoms with Gasteiger partial charge in [-0.15, -0.1) is 0 Å². The first kappa shape index (κ1) is 13.8. The monoisotopic (exact) mass is 256 g/mol. The van der Waals surface area contributed by atoms with E-state index < -0.39 is 5.97 Å². The maximum absolute atomic E-state index is 10.6. The van der Waals surface area contributed by atoms with E-state index in [0.717, 1.165) is 11.3 Å². The first-order valence-electron chi connectivity index (χ1n) is 5.47. The molecule has 1 aromatic rings. The molecule has 0 amide bonds. The second-order valence-corrected chi connectivity index (χ2v) is 4.29. The lowest BCUT2D eigenvalue weighted by Gasteiger charge is -2.25.